The molecule has 16 heavy (non-hydrogen) atoms. The van der Waals surface area contributed by atoms with Gasteiger partial charge in [0.1, 0.15) is 12.2 Å². The molecule has 0 unspecified atom stereocenters. The summed E-state index contributed by atoms with van der Waals surface area (Å²) < 4.78 is 17.2. The van der Waals surface area contributed by atoms with Crippen molar-refractivity contribution in [2.24, 2.45) is 0 Å². The Balaban J connectivity index is 1.99. The second kappa shape index (κ2) is 4.58. The van der Waals surface area contributed by atoms with Crippen LogP contribution in [-0.2, 0) is 14.2 Å². The van der Waals surface area contributed by atoms with E-state index in [1.807, 2.05) is 13.8 Å². The molecule has 0 aliphatic carbocycles. The Hall–Kier alpha value is -0.820. The van der Waals surface area contributed by atoms with Gasteiger partial charge in [0.05, 0.1) is 12.7 Å². The summed E-state index contributed by atoms with van der Waals surface area (Å²) in [6.07, 6.45) is 11.0. The smallest absolute Gasteiger partial charge is 0.163 e. The van der Waals surface area contributed by atoms with Crippen LogP contribution in [0.15, 0.2) is 12.2 Å². The molecule has 0 saturated carbocycles. The molecule has 2 aliphatic heterocycles. The van der Waals surface area contributed by atoms with Crippen LogP contribution in [0.1, 0.15) is 26.7 Å². The minimum atomic E-state index is -0.504. The summed E-state index contributed by atoms with van der Waals surface area (Å²) in [6.45, 7) is 4.40. The Kier molecular flexibility index (Phi) is 3.34. The van der Waals surface area contributed by atoms with Crippen LogP contribution in [0.3, 0.4) is 0 Å². The molecule has 2 heterocycles. The largest absolute Gasteiger partial charge is 0.359 e. The third-order valence-electron chi connectivity index (χ3n) is 2.86. The second-order valence-electron chi connectivity index (χ2n) is 4.64. The predicted molar refractivity (Wildman–Crippen MR) is 60.8 cm³/mol. The van der Waals surface area contributed by atoms with Gasteiger partial charge in [-0.25, -0.2) is 0 Å². The van der Waals surface area contributed by atoms with E-state index in [-0.39, 0.29) is 18.3 Å². The molecule has 0 spiro atoms. The van der Waals surface area contributed by atoms with Crippen molar-refractivity contribution in [3.8, 4) is 12.3 Å². The maximum absolute atomic E-state index is 5.83. The number of hydrogen-bond donors (Lipinski definition) is 0. The van der Waals surface area contributed by atoms with Crippen molar-refractivity contribution >= 4 is 0 Å². The standard InChI is InChI=1S/C13H18O3/c1-4-10-7-5-6-8-11(15-10)12-9-14-13(2,3)16-12/h1,5-6,10-12H,7-9H2,2-3H3/t10-,11-,12+/m0/s1. The van der Waals surface area contributed by atoms with Crippen molar-refractivity contribution in [2.45, 2.75) is 50.8 Å². The zero-order valence-electron chi connectivity index (χ0n) is 9.81. The third kappa shape index (κ3) is 2.65. The van der Waals surface area contributed by atoms with Crippen molar-refractivity contribution in [2.75, 3.05) is 6.61 Å². The molecule has 88 valence electrons. The first-order valence-corrected chi connectivity index (χ1v) is 5.69. The summed E-state index contributed by atoms with van der Waals surface area (Å²) in [5, 5.41) is 0. The first-order valence-electron chi connectivity index (χ1n) is 5.69. The van der Waals surface area contributed by atoms with Crippen LogP contribution >= 0.6 is 0 Å². The van der Waals surface area contributed by atoms with E-state index in [0.29, 0.717) is 6.61 Å². The minimum Gasteiger partial charge on any atom is -0.359 e. The van der Waals surface area contributed by atoms with Gasteiger partial charge in [-0.1, -0.05) is 18.1 Å². The summed E-state index contributed by atoms with van der Waals surface area (Å²) in [5.74, 6) is 2.14. The van der Waals surface area contributed by atoms with Gasteiger partial charge >= 0.3 is 0 Å². The van der Waals surface area contributed by atoms with Crippen molar-refractivity contribution in [1.29, 1.82) is 0 Å². The number of rotatable bonds is 1. The molecule has 1 saturated heterocycles. The molecule has 2 rings (SSSR count). The molecule has 0 amide bonds. The molecule has 2 aliphatic rings. The van der Waals surface area contributed by atoms with E-state index in [1.165, 1.54) is 0 Å². The third-order valence-corrected chi connectivity index (χ3v) is 2.86. The highest BCUT2D eigenvalue weighted by atomic mass is 16.7. The highest BCUT2D eigenvalue weighted by Gasteiger charge is 2.38. The maximum Gasteiger partial charge on any atom is 0.163 e. The summed E-state index contributed by atoms with van der Waals surface area (Å²) in [6, 6.07) is 0. The molecule has 3 atom stereocenters. The van der Waals surface area contributed by atoms with Crippen molar-refractivity contribution in [1.82, 2.24) is 0 Å². The highest BCUT2D eigenvalue weighted by Crippen LogP contribution is 2.28. The quantitative estimate of drug-likeness (QED) is 0.501. The molecule has 0 aromatic heterocycles. The van der Waals surface area contributed by atoms with Gasteiger partial charge in [-0.2, -0.15) is 0 Å². The summed E-state index contributed by atoms with van der Waals surface area (Å²) in [5.41, 5.74) is 0. The maximum atomic E-state index is 5.83. The number of terminal acetylenes is 1. The topological polar surface area (TPSA) is 27.7 Å². The van der Waals surface area contributed by atoms with Crippen LogP contribution in [-0.4, -0.2) is 30.7 Å². The van der Waals surface area contributed by atoms with Crippen LogP contribution < -0.4 is 0 Å². The van der Waals surface area contributed by atoms with Gasteiger partial charge in [0.15, 0.2) is 5.79 Å². The van der Waals surface area contributed by atoms with Crippen LogP contribution in [0.25, 0.3) is 0 Å². The first-order chi connectivity index (χ1) is 7.61. The Morgan fingerprint density at radius 2 is 2.00 bits per heavy atom. The zero-order chi connectivity index (χ0) is 11.6. The summed E-state index contributed by atoms with van der Waals surface area (Å²) in [4.78, 5) is 0. The SMILES string of the molecule is C#C[C@H]1CC=CC[C@@H]([C@H]2COC(C)(C)O2)O1. The fourth-order valence-electron chi connectivity index (χ4n) is 2.02. The number of hydrogen-bond acceptors (Lipinski definition) is 3. The fourth-order valence-corrected chi connectivity index (χ4v) is 2.02. The molecule has 3 heteroatoms. The van der Waals surface area contributed by atoms with Crippen molar-refractivity contribution in [3.05, 3.63) is 12.2 Å². The van der Waals surface area contributed by atoms with E-state index >= 15 is 0 Å². The second-order valence-corrected chi connectivity index (χ2v) is 4.64. The molecular weight excluding hydrogens is 204 g/mol. The average Bonchev–Trinajstić information content (AvgIpc) is 2.51. The van der Waals surface area contributed by atoms with E-state index in [0.717, 1.165) is 12.8 Å². The summed E-state index contributed by atoms with van der Waals surface area (Å²) in [7, 11) is 0. The molecule has 0 radical (unpaired) electrons. The van der Waals surface area contributed by atoms with Gasteiger partial charge in [0.2, 0.25) is 0 Å². The van der Waals surface area contributed by atoms with E-state index in [4.69, 9.17) is 20.6 Å². The lowest BCUT2D eigenvalue weighted by Crippen LogP contribution is -2.34. The normalized spacial score (nSPS) is 37.9. The van der Waals surface area contributed by atoms with Gasteiger partial charge in [-0.3, -0.25) is 0 Å². The van der Waals surface area contributed by atoms with Crippen molar-refractivity contribution in [3.63, 3.8) is 0 Å². The van der Waals surface area contributed by atoms with Crippen LogP contribution in [0.4, 0.5) is 0 Å². The molecule has 1 fully saturated rings. The molecule has 0 N–H and O–H groups in total. The molecule has 0 bridgehead atoms. The molecule has 0 aromatic carbocycles. The minimum absolute atomic E-state index is 0.00146. The van der Waals surface area contributed by atoms with Gasteiger partial charge in [0, 0.05) is 6.42 Å². The van der Waals surface area contributed by atoms with E-state index in [9.17, 15) is 0 Å². The van der Waals surface area contributed by atoms with Gasteiger partial charge in [-0.05, 0) is 20.3 Å². The van der Waals surface area contributed by atoms with Gasteiger partial charge < -0.3 is 14.2 Å². The Morgan fingerprint density at radius 1 is 1.25 bits per heavy atom. The van der Waals surface area contributed by atoms with Crippen LogP contribution in [0.5, 0.6) is 0 Å². The Morgan fingerprint density at radius 3 is 2.62 bits per heavy atom. The fraction of sp³-hybridized carbons (Fsp3) is 0.692. The number of ether oxygens (including phenoxy) is 3. The predicted octanol–water partition coefficient (Wildman–Crippen LogP) is 1.87. The summed E-state index contributed by atoms with van der Waals surface area (Å²) >= 11 is 0. The van der Waals surface area contributed by atoms with Gasteiger partial charge in [-0.15, -0.1) is 6.42 Å². The zero-order valence-corrected chi connectivity index (χ0v) is 9.81. The molecule has 3 nitrogen and oxygen atoms in total. The van der Waals surface area contributed by atoms with Crippen molar-refractivity contribution < 1.29 is 14.2 Å². The monoisotopic (exact) mass is 222 g/mol. The van der Waals surface area contributed by atoms with E-state index in [2.05, 4.69) is 18.1 Å². The lowest BCUT2D eigenvalue weighted by molar-refractivity contribution is -0.158. The van der Waals surface area contributed by atoms with Crippen LogP contribution in [0, 0.1) is 12.3 Å². The molecular formula is C13H18O3. The molecule has 0 aromatic rings. The average molecular weight is 222 g/mol. The van der Waals surface area contributed by atoms with Crippen LogP contribution in [0.2, 0.25) is 0 Å². The lowest BCUT2D eigenvalue weighted by atomic mass is 10.1. The van der Waals surface area contributed by atoms with Gasteiger partial charge in [0.25, 0.3) is 0 Å². The Bertz CT molecular complexity index is 314. The lowest BCUT2D eigenvalue weighted by Gasteiger charge is -2.24. The van der Waals surface area contributed by atoms with E-state index < -0.39 is 5.79 Å². The first kappa shape index (κ1) is 11.7. The highest BCUT2D eigenvalue weighted by molar-refractivity contribution is 5.04. The Labute approximate surface area is 96.8 Å². The van der Waals surface area contributed by atoms with E-state index in [1.54, 1.807) is 0 Å².